The zero-order valence-corrected chi connectivity index (χ0v) is 17.9. The summed E-state index contributed by atoms with van der Waals surface area (Å²) >= 11 is 0. The van der Waals surface area contributed by atoms with Crippen LogP contribution in [0, 0.1) is 0 Å². The summed E-state index contributed by atoms with van der Waals surface area (Å²) in [6.45, 7) is 1.69. The second-order valence-electron chi connectivity index (χ2n) is 7.31. The maximum absolute atomic E-state index is 11.0. The molecule has 0 aromatic rings. The van der Waals surface area contributed by atoms with E-state index >= 15 is 0 Å². The van der Waals surface area contributed by atoms with Crippen LogP contribution in [0.2, 0.25) is 0 Å². The molecular weight excluding hydrogens is 412 g/mol. The molecule has 1 fully saturated rings. The number of aliphatic hydroxyl groups is 5. The fourth-order valence-corrected chi connectivity index (χ4v) is 6.63. The number of hydrogen-bond donors (Lipinski definition) is 5. The number of aliphatic hydroxyl groups excluding tert-OH is 5. The zero-order chi connectivity index (χ0) is 21.3. The van der Waals surface area contributed by atoms with E-state index in [0.717, 1.165) is 32.1 Å². The SMILES string of the molecule is CCCCCCCC[C@@H](O)[C@H](OS(=O)(=O)[O-])[C@H](O)C[S+]1C[C@@H](O)[C@H](O)[C@H]1CO. The highest BCUT2D eigenvalue weighted by Crippen LogP contribution is 2.26. The van der Waals surface area contributed by atoms with Gasteiger partial charge in [-0.2, -0.15) is 0 Å². The molecule has 0 radical (unpaired) electrons. The van der Waals surface area contributed by atoms with Gasteiger partial charge in [-0.25, -0.2) is 8.42 Å². The molecule has 9 nitrogen and oxygen atoms in total. The molecule has 5 N–H and O–H groups in total. The lowest BCUT2D eigenvalue weighted by atomic mass is 10.0. The lowest BCUT2D eigenvalue weighted by Gasteiger charge is -2.28. The van der Waals surface area contributed by atoms with Gasteiger partial charge in [-0.15, -0.1) is 0 Å². The van der Waals surface area contributed by atoms with Gasteiger partial charge in [0.2, 0.25) is 10.4 Å². The summed E-state index contributed by atoms with van der Waals surface area (Å²) in [5.41, 5.74) is 0. The van der Waals surface area contributed by atoms with Gasteiger partial charge in [0.25, 0.3) is 0 Å². The summed E-state index contributed by atoms with van der Waals surface area (Å²) in [5, 5.41) is 49.1. The molecule has 0 bridgehead atoms. The molecule has 0 spiro atoms. The van der Waals surface area contributed by atoms with Crippen molar-refractivity contribution < 1.29 is 42.7 Å². The molecule has 1 aliphatic rings. The van der Waals surface area contributed by atoms with E-state index in [1.54, 1.807) is 0 Å². The Labute approximate surface area is 170 Å². The molecule has 168 valence electrons. The monoisotopic (exact) mass is 446 g/mol. The second kappa shape index (κ2) is 12.7. The standard InChI is InChI=1S/C17H34O9S2/c1-2-3-4-5-6-7-8-12(19)17(26-28(23,24)25)14(21)11-27-10-13(20)16(22)15(27)9-18/h12-22H,2-11H2,1H3/t12-,13-,14-,15-,16+,17+,27?/m1/s1. The molecule has 1 saturated heterocycles. The van der Waals surface area contributed by atoms with Crippen molar-refractivity contribution in [2.24, 2.45) is 0 Å². The van der Waals surface area contributed by atoms with Crippen molar-refractivity contribution in [3.8, 4) is 0 Å². The largest absolute Gasteiger partial charge is 0.726 e. The van der Waals surface area contributed by atoms with Crippen LogP contribution in [0.15, 0.2) is 0 Å². The Balaban J connectivity index is 2.66. The van der Waals surface area contributed by atoms with E-state index in [2.05, 4.69) is 11.1 Å². The average molecular weight is 447 g/mol. The Morgan fingerprint density at radius 3 is 2.29 bits per heavy atom. The Morgan fingerprint density at radius 1 is 1.11 bits per heavy atom. The molecule has 0 amide bonds. The van der Waals surface area contributed by atoms with E-state index in [1.807, 2.05) is 0 Å². The highest BCUT2D eigenvalue weighted by molar-refractivity contribution is 7.97. The number of unbranched alkanes of at least 4 members (excludes halogenated alkanes) is 5. The van der Waals surface area contributed by atoms with Crippen LogP contribution in [-0.4, -0.2) is 92.4 Å². The van der Waals surface area contributed by atoms with Crippen molar-refractivity contribution in [1.29, 1.82) is 0 Å². The van der Waals surface area contributed by atoms with Crippen molar-refractivity contribution in [2.75, 3.05) is 18.1 Å². The Morgan fingerprint density at radius 2 is 1.71 bits per heavy atom. The lowest BCUT2D eigenvalue weighted by Crippen LogP contribution is -2.46. The molecule has 28 heavy (non-hydrogen) atoms. The minimum atomic E-state index is -5.15. The van der Waals surface area contributed by atoms with Gasteiger partial charge in [-0.05, 0) is 6.42 Å². The molecular formula is C17H34O9S2. The lowest BCUT2D eigenvalue weighted by molar-refractivity contribution is -0.0407. The highest BCUT2D eigenvalue weighted by Gasteiger charge is 2.51. The van der Waals surface area contributed by atoms with Crippen LogP contribution in [0.3, 0.4) is 0 Å². The quantitative estimate of drug-likeness (QED) is 0.0974. The average Bonchev–Trinajstić information content (AvgIpc) is 2.88. The van der Waals surface area contributed by atoms with Gasteiger partial charge in [0.1, 0.15) is 35.9 Å². The second-order valence-corrected chi connectivity index (χ2v) is 10.7. The summed E-state index contributed by atoms with van der Waals surface area (Å²) in [6.07, 6.45) is -0.790. The fraction of sp³-hybridized carbons (Fsp3) is 1.00. The minimum absolute atomic E-state index is 0.104. The van der Waals surface area contributed by atoms with Gasteiger partial charge in [-0.1, -0.05) is 45.4 Å². The van der Waals surface area contributed by atoms with Crippen LogP contribution >= 0.6 is 0 Å². The summed E-state index contributed by atoms with van der Waals surface area (Å²) in [5.74, 6) is 0.0287. The third kappa shape index (κ3) is 8.80. The van der Waals surface area contributed by atoms with E-state index in [4.69, 9.17) is 0 Å². The van der Waals surface area contributed by atoms with Crippen LogP contribution in [0.1, 0.15) is 51.9 Å². The zero-order valence-electron chi connectivity index (χ0n) is 16.2. The van der Waals surface area contributed by atoms with Crippen LogP contribution in [-0.2, 0) is 25.5 Å². The molecule has 1 unspecified atom stereocenters. The predicted molar refractivity (Wildman–Crippen MR) is 105 cm³/mol. The third-order valence-corrected chi connectivity index (χ3v) is 8.28. The van der Waals surface area contributed by atoms with Crippen LogP contribution in [0.5, 0.6) is 0 Å². The smallest absolute Gasteiger partial charge is 0.218 e. The first kappa shape index (κ1) is 26.1. The molecule has 0 saturated carbocycles. The molecule has 1 heterocycles. The molecule has 1 aliphatic heterocycles. The van der Waals surface area contributed by atoms with Gasteiger partial charge in [0.15, 0.2) is 5.25 Å². The van der Waals surface area contributed by atoms with E-state index < -0.39 is 63.7 Å². The van der Waals surface area contributed by atoms with Gasteiger partial charge >= 0.3 is 0 Å². The first-order valence-corrected chi connectivity index (χ1v) is 12.7. The third-order valence-electron chi connectivity index (χ3n) is 4.99. The van der Waals surface area contributed by atoms with Gasteiger partial charge < -0.3 is 30.1 Å². The maximum Gasteiger partial charge on any atom is 0.218 e. The van der Waals surface area contributed by atoms with Crippen molar-refractivity contribution >= 4 is 21.3 Å². The van der Waals surface area contributed by atoms with Crippen LogP contribution in [0.25, 0.3) is 0 Å². The molecule has 0 aliphatic carbocycles. The fourth-order valence-electron chi connectivity index (χ4n) is 3.42. The molecule has 11 heteroatoms. The van der Waals surface area contributed by atoms with E-state index in [1.165, 1.54) is 0 Å². The highest BCUT2D eigenvalue weighted by atomic mass is 32.3. The summed E-state index contributed by atoms with van der Waals surface area (Å²) in [4.78, 5) is 0. The van der Waals surface area contributed by atoms with Gasteiger partial charge in [0, 0.05) is 10.9 Å². The number of rotatable bonds is 14. The van der Waals surface area contributed by atoms with E-state index in [9.17, 15) is 38.5 Å². The molecule has 1 rings (SSSR count). The van der Waals surface area contributed by atoms with Gasteiger partial charge in [-0.3, -0.25) is 4.18 Å². The number of hydrogen-bond acceptors (Lipinski definition) is 9. The Hall–Kier alpha value is 0.0200. The van der Waals surface area contributed by atoms with Crippen molar-refractivity contribution in [1.82, 2.24) is 0 Å². The van der Waals surface area contributed by atoms with E-state index in [-0.39, 0.29) is 17.9 Å². The summed E-state index contributed by atoms with van der Waals surface area (Å²) < 4.78 is 37.6. The Bertz CT molecular complexity index is 531. The summed E-state index contributed by atoms with van der Waals surface area (Å²) in [7, 11) is -5.97. The van der Waals surface area contributed by atoms with Gasteiger partial charge in [0.05, 0.1) is 12.7 Å². The summed E-state index contributed by atoms with van der Waals surface area (Å²) in [6, 6.07) is 0. The predicted octanol–water partition coefficient (Wildman–Crippen LogP) is -0.981. The molecule has 0 aromatic heterocycles. The van der Waals surface area contributed by atoms with Crippen molar-refractivity contribution in [2.45, 2.75) is 87.6 Å². The minimum Gasteiger partial charge on any atom is -0.726 e. The normalized spacial score (nSPS) is 29.0. The topological polar surface area (TPSA) is 168 Å². The van der Waals surface area contributed by atoms with Crippen LogP contribution < -0.4 is 0 Å². The maximum atomic E-state index is 11.0. The van der Waals surface area contributed by atoms with Crippen molar-refractivity contribution in [3.05, 3.63) is 0 Å². The van der Waals surface area contributed by atoms with Crippen molar-refractivity contribution in [3.63, 3.8) is 0 Å². The van der Waals surface area contributed by atoms with E-state index in [0.29, 0.717) is 6.42 Å². The first-order chi connectivity index (χ1) is 13.1. The first-order valence-electron chi connectivity index (χ1n) is 9.74. The Kier molecular flexibility index (Phi) is 11.8. The molecule has 0 aromatic carbocycles. The van der Waals surface area contributed by atoms with Crippen LogP contribution in [0.4, 0.5) is 0 Å². The molecule has 7 atom stereocenters.